The maximum absolute atomic E-state index is 12.7. The molecule has 2 aliphatic heterocycles. The van der Waals surface area contributed by atoms with E-state index in [4.69, 9.17) is 0 Å². The summed E-state index contributed by atoms with van der Waals surface area (Å²) in [6.45, 7) is 5.24. The van der Waals surface area contributed by atoms with Crippen LogP contribution in [0.5, 0.6) is 0 Å². The molecule has 0 N–H and O–H groups in total. The number of nitrogens with zero attached hydrogens (tertiary/aromatic N) is 2. The van der Waals surface area contributed by atoms with Gasteiger partial charge in [-0.1, -0.05) is 13.3 Å². The molecule has 2 atom stereocenters. The smallest absolute Gasteiger partial charge is 0.282 e. The molecule has 2 aliphatic rings. The number of Topliss-reactive ketones (excluding diaryl/α,β-unsaturated/α-hetero) is 1. The molecule has 2 unspecified atom stereocenters. The van der Waals surface area contributed by atoms with Crippen LogP contribution < -0.4 is 0 Å². The van der Waals surface area contributed by atoms with Crippen molar-refractivity contribution in [1.29, 1.82) is 0 Å². The molecule has 0 aromatic heterocycles. The number of carbonyl (C=O) groups is 1. The van der Waals surface area contributed by atoms with Gasteiger partial charge < -0.3 is 0 Å². The number of piperidine rings is 2. The van der Waals surface area contributed by atoms with E-state index in [2.05, 4.69) is 6.92 Å². The molecule has 2 rings (SSSR count). The maximum atomic E-state index is 12.7. The molecule has 0 aromatic rings. The van der Waals surface area contributed by atoms with E-state index >= 15 is 0 Å². The van der Waals surface area contributed by atoms with Crippen LogP contribution in [0.1, 0.15) is 46.0 Å². The van der Waals surface area contributed by atoms with Gasteiger partial charge in [0.15, 0.2) is 0 Å². The minimum atomic E-state index is -3.47. The fourth-order valence-electron chi connectivity index (χ4n) is 3.09. The molecule has 6 heteroatoms. The first-order valence-corrected chi connectivity index (χ1v) is 8.60. The van der Waals surface area contributed by atoms with Crippen molar-refractivity contribution >= 4 is 16.0 Å². The van der Waals surface area contributed by atoms with Crippen molar-refractivity contribution < 1.29 is 13.2 Å². The zero-order valence-electron chi connectivity index (χ0n) is 11.8. The van der Waals surface area contributed by atoms with Crippen molar-refractivity contribution in [3.05, 3.63) is 0 Å². The van der Waals surface area contributed by atoms with E-state index in [9.17, 15) is 13.2 Å². The lowest BCUT2D eigenvalue weighted by molar-refractivity contribution is -0.121. The molecule has 2 fully saturated rings. The zero-order chi connectivity index (χ0) is 14.0. The standard InChI is InChI=1S/C13H24N2O3S/c1-11-6-5-8-14(10-11)19(17,18)15-9-4-3-7-13(15)12(2)16/h11,13H,3-10H2,1-2H3. The Hall–Kier alpha value is -0.460. The number of ketones is 1. The van der Waals surface area contributed by atoms with Crippen molar-refractivity contribution in [2.75, 3.05) is 19.6 Å². The van der Waals surface area contributed by atoms with Crippen LogP contribution in [0.4, 0.5) is 0 Å². The van der Waals surface area contributed by atoms with Crippen LogP contribution in [0, 0.1) is 5.92 Å². The molecule has 110 valence electrons. The zero-order valence-corrected chi connectivity index (χ0v) is 12.7. The van der Waals surface area contributed by atoms with Crippen LogP contribution >= 0.6 is 0 Å². The second kappa shape index (κ2) is 5.89. The molecular weight excluding hydrogens is 264 g/mol. The van der Waals surface area contributed by atoms with Crippen LogP contribution in [-0.2, 0) is 15.0 Å². The average Bonchev–Trinajstić information content (AvgIpc) is 2.38. The predicted octanol–water partition coefficient (Wildman–Crippen LogP) is 1.41. The second-order valence-electron chi connectivity index (χ2n) is 5.85. The Morgan fingerprint density at radius 1 is 1.11 bits per heavy atom. The molecule has 0 bridgehead atoms. The molecular formula is C13H24N2O3S. The summed E-state index contributed by atoms with van der Waals surface area (Å²) in [5, 5.41) is 0. The van der Waals surface area contributed by atoms with Gasteiger partial charge in [0.1, 0.15) is 5.78 Å². The Balaban J connectivity index is 2.19. The monoisotopic (exact) mass is 288 g/mol. The molecule has 0 spiro atoms. The Morgan fingerprint density at radius 3 is 2.47 bits per heavy atom. The number of carbonyl (C=O) groups excluding carboxylic acids is 1. The topological polar surface area (TPSA) is 57.7 Å². The summed E-state index contributed by atoms with van der Waals surface area (Å²) in [7, 11) is -3.47. The largest absolute Gasteiger partial charge is 0.298 e. The van der Waals surface area contributed by atoms with Crippen LogP contribution in [0.15, 0.2) is 0 Å². The quantitative estimate of drug-likeness (QED) is 0.789. The van der Waals surface area contributed by atoms with Crippen molar-refractivity contribution in [2.24, 2.45) is 5.92 Å². The molecule has 19 heavy (non-hydrogen) atoms. The van der Waals surface area contributed by atoms with Gasteiger partial charge in [-0.15, -0.1) is 0 Å². The summed E-state index contributed by atoms with van der Waals surface area (Å²) in [6.07, 6.45) is 4.46. The lowest BCUT2D eigenvalue weighted by Gasteiger charge is -2.39. The Kier molecular flexibility index (Phi) is 4.63. The normalized spacial score (nSPS) is 31.3. The Morgan fingerprint density at radius 2 is 1.84 bits per heavy atom. The van der Waals surface area contributed by atoms with Crippen molar-refractivity contribution in [3.63, 3.8) is 0 Å². The number of hydrogen-bond acceptors (Lipinski definition) is 3. The lowest BCUT2D eigenvalue weighted by atomic mass is 10.0. The first-order valence-electron chi connectivity index (χ1n) is 7.20. The summed E-state index contributed by atoms with van der Waals surface area (Å²) in [5.41, 5.74) is 0. The highest BCUT2D eigenvalue weighted by molar-refractivity contribution is 7.86. The van der Waals surface area contributed by atoms with E-state index < -0.39 is 16.3 Å². The number of hydrogen-bond donors (Lipinski definition) is 0. The summed E-state index contributed by atoms with van der Waals surface area (Å²) < 4.78 is 28.4. The molecule has 2 saturated heterocycles. The van der Waals surface area contributed by atoms with Gasteiger partial charge in [-0.05, 0) is 38.5 Å². The van der Waals surface area contributed by atoms with Gasteiger partial charge in [0.05, 0.1) is 6.04 Å². The van der Waals surface area contributed by atoms with Gasteiger partial charge in [-0.2, -0.15) is 17.0 Å². The van der Waals surface area contributed by atoms with Crippen LogP contribution in [0.2, 0.25) is 0 Å². The summed E-state index contributed by atoms with van der Waals surface area (Å²) in [4.78, 5) is 11.7. The van der Waals surface area contributed by atoms with Gasteiger partial charge in [-0.3, -0.25) is 4.79 Å². The van der Waals surface area contributed by atoms with Crippen molar-refractivity contribution in [3.8, 4) is 0 Å². The third kappa shape index (κ3) is 3.17. The molecule has 0 amide bonds. The molecule has 0 radical (unpaired) electrons. The maximum Gasteiger partial charge on any atom is 0.282 e. The highest BCUT2D eigenvalue weighted by atomic mass is 32.2. The fourth-order valence-corrected chi connectivity index (χ4v) is 5.13. The summed E-state index contributed by atoms with van der Waals surface area (Å²) >= 11 is 0. The SMILES string of the molecule is CC(=O)C1CCCCN1S(=O)(=O)N1CCCC(C)C1. The molecule has 5 nitrogen and oxygen atoms in total. The highest BCUT2D eigenvalue weighted by Crippen LogP contribution is 2.26. The van der Waals surface area contributed by atoms with E-state index in [-0.39, 0.29) is 5.78 Å². The van der Waals surface area contributed by atoms with Crippen molar-refractivity contribution in [2.45, 2.75) is 52.0 Å². The van der Waals surface area contributed by atoms with Crippen LogP contribution in [0.3, 0.4) is 0 Å². The Bertz CT molecular complexity index is 435. The van der Waals surface area contributed by atoms with E-state index in [1.54, 1.807) is 4.31 Å². The van der Waals surface area contributed by atoms with Crippen LogP contribution in [-0.4, -0.2) is 48.5 Å². The minimum Gasteiger partial charge on any atom is -0.298 e. The Labute approximate surface area is 116 Å². The third-order valence-electron chi connectivity index (χ3n) is 4.17. The van der Waals surface area contributed by atoms with Gasteiger partial charge >= 0.3 is 0 Å². The van der Waals surface area contributed by atoms with E-state index in [1.165, 1.54) is 11.2 Å². The minimum absolute atomic E-state index is 0.0340. The predicted molar refractivity (Wildman–Crippen MR) is 73.9 cm³/mol. The van der Waals surface area contributed by atoms with E-state index in [0.29, 0.717) is 32.0 Å². The molecule has 0 saturated carbocycles. The van der Waals surface area contributed by atoms with Gasteiger partial charge in [0.2, 0.25) is 0 Å². The highest BCUT2D eigenvalue weighted by Gasteiger charge is 2.39. The number of rotatable bonds is 3. The lowest BCUT2D eigenvalue weighted by Crippen LogP contribution is -2.54. The van der Waals surface area contributed by atoms with Gasteiger partial charge in [0, 0.05) is 19.6 Å². The third-order valence-corrected chi connectivity index (χ3v) is 6.18. The molecule has 0 aliphatic carbocycles. The van der Waals surface area contributed by atoms with Gasteiger partial charge in [0.25, 0.3) is 10.2 Å². The van der Waals surface area contributed by atoms with E-state index in [0.717, 1.165) is 25.7 Å². The summed E-state index contributed by atoms with van der Waals surface area (Å²) in [6, 6.07) is -0.448. The fraction of sp³-hybridized carbons (Fsp3) is 0.923. The first kappa shape index (κ1) is 14.9. The molecule has 2 heterocycles. The van der Waals surface area contributed by atoms with E-state index in [1.807, 2.05) is 0 Å². The van der Waals surface area contributed by atoms with Crippen LogP contribution in [0.25, 0.3) is 0 Å². The second-order valence-corrected chi connectivity index (χ2v) is 7.73. The van der Waals surface area contributed by atoms with Crippen molar-refractivity contribution in [1.82, 2.24) is 8.61 Å². The molecule has 0 aromatic carbocycles. The van der Waals surface area contributed by atoms with Gasteiger partial charge in [-0.25, -0.2) is 0 Å². The first-order chi connectivity index (χ1) is 8.93. The average molecular weight is 288 g/mol. The summed E-state index contributed by atoms with van der Waals surface area (Å²) in [5.74, 6) is 0.373.